The fourth-order valence-corrected chi connectivity index (χ4v) is 4.59. The standard InChI is InChI=1S/C26H25FN6O4/c27-20-12-33(25(35)13-34)6-4-23(20)37-22-2-1-15(7-17(22)10-28)16-3-5-30-24(8-16)32-26(36)19-9-18(19)21-11-29-14-31-21/h1-3,5,7-8,11,14,18-20,23,34H,4,6,9,12-13H2,(H,29,31)(H,30,32,36)/t18?,19?,20-,23+/m1/s1. The van der Waals surface area contributed by atoms with Gasteiger partial charge in [0.05, 0.1) is 24.1 Å². The molecular weight excluding hydrogens is 479 g/mol. The summed E-state index contributed by atoms with van der Waals surface area (Å²) in [5, 5.41) is 21.5. The molecule has 0 radical (unpaired) electrons. The van der Waals surface area contributed by atoms with Gasteiger partial charge in [-0.3, -0.25) is 9.59 Å². The van der Waals surface area contributed by atoms with Gasteiger partial charge < -0.3 is 25.0 Å². The van der Waals surface area contributed by atoms with E-state index in [9.17, 15) is 19.2 Å². The molecule has 0 bridgehead atoms. The van der Waals surface area contributed by atoms with E-state index in [1.165, 1.54) is 4.90 Å². The van der Waals surface area contributed by atoms with Crippen molar-refractivity contribution in [3.63, 3.8) is 0 Å². The van der Waals surface area contributed by atoms with Crippen molar-refractivity contribution in [3.05, 3.63) is 60.3 Å². The number of nitrogens with zero attached hydrogens (tertiary/aromatic N) is 4. The van der Waals surface area contributed by atoms with Gasteiger partial charge in [-0.05, 0) is 41.8 Å². The Bertz CT molecular complexity index is 1340. The Morgan fingerprint density at radius 3 is 2.84 bits per heavy atom. The number of alkyl halides is 1. The third-order valence-electron chi connectivity index (χ3n) is 6.72. The van der Waals surface area contributed by atoms with Gasteiger partial charge in [-0.1, -0.05) is 6.07 Å². The number of carbonyl (C=O) groups excluding carboxylic acids is 2. The van der Waals surface area contributed by atoms with Crippen LogP contribution in [0, 0.1) is 17.2 Å². The van der Waals surface area contributed by atoms with Crippen LogP contribution in [0.1, 0.15) is 30.0 Å². The topological polar surface area (TPSA) is 144 Å². The number of carbonyl (C=O) groups is 2. The van der Waals surface area contributed by atoms with Gasteiger partial charge in [-0.25, -0.2) is 14.4 Å². The number of aliphatic hydroxyl groups is 1. The lowest BCUT2D eigenvalue weighted by Gasteiger charge is -2.34. The lowest BCUT2D eigenvalue weighted by atomic mass is 10.0. The predicted octanol–water partition coefficient (Wildman–Crippen LogP) is 2.40. The number of anilines is 1. The molecule has 1 saturated heterocycles. The molecule has 5 rings (SSSR count). The van der Waals surface area contributed by atoms with Crippen LogP contribution in [-0.4, -0.2) is 68.7 Å². The number of hydrogen-bond acceptors (Lipinski definition) is 7. The van der Waals surface area contributed by atoms with Crippen LogP contribution in [0.5, 0.6) is 5.75 Å². The average molecular weight is 505 g/mol. The first-order chi connectivity index (χ1) is 18.0. The summed E-state index contributed by atoms with van der Waals surface area (Å²) in [6.45, 7) is -0.566. The van der Waals surface area contributed by atoms with Crippen molar-refractivity contribution in [2.45, 2.75) is 31.0 Å². The highest BCUT2D eigenvalue weighted by atomic mass is 19.1. The summed E-state index contributed by atoms with van der Waals surface area (Å²) in [5.41, 5.74) is 2.56. The Hall–Kier alpha value is -4.30. The van der Waals surface area contributed by atoms with Crippen LogP contribution in [0.2, 0.25) is 0 Å². The summed E-state index contributed by atoms with van der Waals surface area (Å²) in [6.07, 6.45) is 3.70. The molecule has 2 amide bonds. The van der Waals surface area contributed by atoms with E-state index in [0.29, 0.717) is 11.4 Å². The number of piperidine rings is 1. The van der Waals surface area contributed by atoms with E-state index in [0.717, 1.165) is 17.7 Å². The summed E-state index contributed by atoms with van der Waals surface area (Å²) < 4.78 is 20.5. The molecule has 10 nitrogen and oxygen atoms in total. The highest BCUT2D eigenvalue weighted by Gasteiger charge is 2.45. The van der Waals surface area contributed by atoms with Crippen molar-refractivity contribution in [2.75, 3.05) is 25.0 Å². The van der Waals surface area contributed by atoms with Gasteiger partial charge in [-0.2, -0.15) is 5.26 Å². The number of pyridine rings is 1. The van der Waals surface area contributed by atoms with Gasteiger partial charge in [0.2, 0.25) is 11.8 Å². The van der Waals surface area contributed by atoms with Crippen LogP contribution in [0.25, 0.3) is 11.1 Å². The molecule has 2 aromatic heterocycles. The number of nitrogens with one attached hydrogen (secondary N) is 2. The Morgan fingerprint density at radius 1 is 1.27 bits per heavy atom. The number of aliphatic hydroxyl groups excluding tert-OH is 1. The molecule has 2 unspecified atom stereocenters. The van der Waals surface area contributed by atoms with Crippen LogP contribution < -0.4 is 10.1 Å². The smallest absolute Gasteiger partial charge is 0.248 e. The number of aromatic nitrogens is 3. The Balaban J connectivity index is 1.25. The number of halogens is 1. The lowest BCUT2D eigenvalue weighted by Crippen LogP contribution is -2.50. The second-order valence-corrected chi connectivity index (χ2v) is 9.14. The molecular formula is C26H25FN6O4. The normalized spacial score (nSPS) is 22.7. The number of nitriles is 1. The molecule has 2 aliphatic rings. The van der Waals surface area contributed by atoms with Crippen molar-refractivity contribution in [1.82, 2.24) is 19.9 Å². The van der Waals surface area contributed by atoms with E-state index >= 15 is 0 Å². The summed E-state index contributed by atoms with van der Waals surface area (Å²) in [5.74, 6) is -0.0350. The zero-order valence-electron chi connectivity index (χ0n) is 19.8. The van der Waals surface area contributed by atoms with E-state index in [1.54, 1.807) is 49.1 Å². The third-order valence-corrected chi connectivity index (χ3v) is 6.72. The summed E-state index contributed by atoms with van der Waals surface area (Å²) in [6, 6.07) is 10.6. The molecule has 2 fully saturated rings. The largest absolute Gasteiger partial charge is 0.486 e. The fraction of sp³-hybridized carbons (Fsp3) is 0.346. The number of imidazole rings is 1. The van der Waals surface area contributed by atoms with E-state index in [-0.39, 0.29) is 48.6 Å². The highest BCUT2D eigenvalue weighted by Crippen LogP contribution is 2.47. The molecule has 0 spiro atoms. The van der Waals surface area contributed by atoms with E-state index in [4.69, 9.17) is 9.84 Å². The highest BCUT2D eigenvalue weighted by molar-refractivity contribution is 5.94. The van der Waals surface area contributed by atoms with E-state index in [2.05, 4.69) is 26.3 Å². The first-order valence-corrected chi connectivity index (χ1v) is 12.0. The van der Waals surface area contributed by atoms with Crippen LogP contribution in [0.3, 0.4) is 0 Å². The third kappa shape index (κ3) is 5.29. The quantitative estimate of drug-likeness (QED) is 0.448. The first-order valence-electron chi connectivity index (χ1n) is 12.0. The van der Waals surface area contributed by atoms with Gasteiger partial charge in [0.25, 0.3) is 0 Å². The molecule has 4 atom stereocenters. The lowest BCUT2D eigenvalue weighted by molar-refractivity contribution is -0.138. The van der Waals surface area contributed by atoms with Crippen LogP contribution in [0.4, 0.5) is 10.2 Å². The minimum absolute atomic E-state index is 0.103. The molecule has 11 heteroatoms. The Morgan fingerprint density at radius 2 is 2.11 bits per heavy atom. The average Bonchev–Trinajstić information content (AvgIpc) is 3.54. The minimum Gasteiger partial charge on any atom is -0.486 e. The van der Waals surface area contributed by atoms with E-state index in [1.807, 2.05) is 0 Å². The van der Waals surface area contributed by atoms with Gasteiger partial charge in [0.15, 0.2) is 6.17 Å². The fourth-order valence-electron chi connectivity index (χ4n) is 4.59. The van der Waals surface area contributed by atoms with Crippen molar-refractivity contribution >= 4 is 17.6 Å². The number of likely N-dealkylation sites (tertiary alicyclic amines) is 1. The Labute approximate surface area is 212 Å². The van der Waals surface area contributed by atoms with Crippen molar-refractivity contribution in [2.24, 2.45) is 5.92 Å². The molecule has 190 valence electrons. The van der Waals surface area contributed by atoms with Crippen molar-refractivity contribution in [3.8, 4) is 22.9 Å². The number of ether oxygens (including phenoxy) is 1. The monoisotopic (exact) mass is 504 g/mol. The molecule has 1 aliphatic heterocycles. The molecule has 3 N–H and O–H groups in total. The Kier molecular flexibility index (Phi) is 6.83. The van der Waals surface area contributed by atoms with Gasteiger partial charge >= 0.3 is 0 Å². The van der Waals surface area contributed by atoms with Crippen LogP contribution in [0.15, 0.2) is 49.1 Å². The summed E-state index contributed by atoms with van der Waals surface area (Å²) in [4.78, 5) is 36.9. The zero-order valence-corrected chi connectivity index (χ0v) is 19.8. The van der Waals surface area contributed by atoms with Crippen molar-refractivity contribution in [1.29, 1.82) is 5.26 Å². The SMILES string of the molecule is N#Cc1cc(-c2ccnc(NC(=O)C3CC3c3c[nH]cn3)c2)ccc1O[C@H]1CCN(C(=O)CO)C[C@H]1F. The first kappa shape index (κ1) is 24.4. The number of amides is 2. The summed E-state index contributed by atoms with van der Waals surface area (Å²) in [7, 11) is 0. The molecule has 1 aliphatic carbocycles. The minimum atomic E-state index is -1.44. The maximum atomic E-state index is 14.6. The number of H-pyrrole nitrogens is 1. The summed E-state index contributed by atoms with van der Waals surface area (Å²) >= 11 is 0. The van der Waals surface area contributed by atoms with Gasteiger partial charge in [0.1, 0.15) is 30.3 Å². The second-order valence-electron chi connectivity index (χ2n) is 9.14. The van der Waals surface area contributed by atoms with Gasteiger partial charge in [0, 0.05) is 37.2 Å². The van der Waals surface area contributed by atoms with Crippen LogP contribution >= 0.6 is 0 Å². The molecule has 3 aromatic rings. The maximum absolute atomic E-state index is 14.6. The second kappa shape index (κ2) is 10.4. The predicted molar refractivity (Wildman–Crippen MR) is 130 cm³/mol. The maximum Gasteiger partial charge on any atom is 0.248 e. The molecule has 1 saturated carbocycles. The van der Waals surface area contributed by atoms with Gasteiger partial charge in [-0.15, -0.1) is 0 Å². The number of hydrogen-bond donors (Lipinski definition) is 3. The van der Waals surface area contributed by atoms with Crippen LogP contribution in [-0.2, 0) is 9.59 Å². The molecule has 37 heavy (non-hydrogen) atoms. The number of rotatable bonds is 7. The van der Waals surface area contributed by atoms with E-state index < -0.39 is 24.8 Å². The van der Waals surface area contributed by atoms with Crippen molar-refractivity contribution < 1.29 is 23.8 Å². The number of benzene rings is 1. The molecule has 3 heterocycles. The zero-order chi connectivity index (χ0) is 25.9. The molecule has 1 aromatic carbocycles. The number of aromatic amines is 1.